The van der Waals surface area contributed by atoms with E-state index in [1.165, 1.54) is 167 Å². The Morgan fingerprint density at radius 2 is 0.465 bits per heavy atom. The van der Waals surface area contributed by atoms with E-state index in [0.717, 1.165) is 24.7 Å². The van der Waals surface area contributed by atoms with Gasteiger partial charge in [0.1, 0.15) is 0 Å². The fraction of sp³-hybridized carbons (Fsp3) is 0.905. The van der Waals surface area contributed by atoms with Gasteiger partial charge in [-0.25, -0.2) is 0 Å². The van der Waals surface area contributed by atoms with Crippen molar-refractivity contribution in [1.82, 2.24) is 0 Å². The van der Waals surface area contributed by atoms with Gasteiger partial charge >= 0.3 is 21.7 Å². The van der Waals surface area contributed by atoms with Crippen LogP contribution in [0.3, 0.4) is 0 Å². The molecule has 0 aromatic rings. The topological polar surface area (TPSA) is 0 Å². The summed E-state index contributed by atoms with van der Waals surface area (Å²) in [5.74, 6) is 1.79. The van der Waals surface area contributed by atoms with Crippen LogP contribution >= 0.6 is 0 Å². The third kappa shape index (κ3) is 75.1. The number of hydrogen-bond donors (Lipinski definition) is 0. The minimum Gasteiger partial charge on any atom is -0.343 e. The average Bonchev–Trinajstić information content (AvgIpc) is 2.95. The molecular formula is C42H88Ti. The van der Waals surface area contributed by atoms with E-state index in [4.69, 9.17) is 0 Å². The predicted molar refractivity (Wildman–Crippen MR) is 201 cm³/mol. The molecule has 0 bridgehead atoms. The zero-order chi connectivity index (χ0) is 32.4. The molecule has 43 heavy (non-hydrogen) atoms. The Morgan fingerprint density at radius 1 is 0.326 bits per heavy atom. The molecule has 0 aromatic carbocycles. The summed E-state index contributed by atoms with van der Waals surface area (Å²) in [7, 11) is 0. The third-order valence-corrected chi connectivity index (χ3v) is 7.56. The number of unbranched alkanes of at least 4 members (excludes halogenated alkanes) is 24. The Labute approximate surface area is 294 Å². The van der Waals surface area contributed by atoms with Crippen molar-refractivity contribution in [2.24, 2.45) is 11.8 Å². The van der Waals surface area contributed by atoms with Gasteiger partial charge in [0, 0.05) is 0 Å². The molecule has 0 radical (unpaired) electrons. The molecule has 0 heterocycles. The van der Waals surface area contributed by atoms with Crippen LogP contribution in [0.1, 0.15) is 235 Å². The monoisotopic (exact) mass is 641 g/mol. The zero-order valence-electron chi connectivity index (χ0n) is 32.0. The molecule has 0 N–H and O–H groups in total. The Morgan fingerprint density at radius 3 is 0.605 bits per heavy atom. The third-order valence-electron chi connectivity index (χ3n) is 7.56. The van der Waals surface area contributed by atoms with Gasteiger partial charge in [0.15, 0.2) is 0 Å². The molecule has 0 aliphatic heterocycles. The first-order chi connectivity index (χ1) is 20.4. The first kappa shape index (κ1) is 53.2. The molecule has 0 aliphatic rings. The van der Waals surface area contributed by atoms with Crippen LogP contribution in [0.25, 0.3) is 0 Å². The fourth-order valence-corrected chi connectivity index (χ4v) is 4.99. The normalized spacial score (nSPS) is 10.3. The summed E-state index contributed by atoms with van der Waals surface area (Å²) in [6, 6.07) is 0. The Bertz CT molecular complexity index is 339. The van der Waals surface area contributed by atoms with Crippen molar-refractivity contribution in [3.63, 3.8) is 0 Å². The van der Waals surface area contributed by atoms with E-state index in [2.05, 4.69) is 41.5 Å². The van der Waals surface area contributed by atoms with Crippen LogP contribution in [0.15, 0.2) is 0 Å². The zero-order valence-corrected chi connectivity index (χ0v) is 33.6. The molecule has 0 aromatic heterocycles. The number of hydrogen-bond acceptors (Lipinski definition) is 0. The van der Waals surface area contributed by atoms with Crippen LogP contribution in [0.2, 0.25) is 0 Å². The molecule has 260 valence electrons. The Kier molecular flexibility index (Phi) is 68.2. The van der Waals surface area contributed by atoms with Gasteiger partial charge in [-0.15, -0.1) is 0 Å². The molecule has 0 spiro atoms. The maximum atomic E-state index is 3.88. The van der Waals surface area contributed by atoms with Crippen LogP contribution in [0.4, 0.5) is 0 Å². The van der Waals surface area contributed by atoms with Gasteiger partial charge in [0.2, 0.25) is 0 Å². The Hall–Kier alpha value is 0.714. The minimum absolute atomic E-state index is 0. The SMILES string of the molecule is C[CH-]C.C[CH-]C.[CH2-]CCCCCCCCCCCCCCC(C)C.[CH2-]CCCCCCCCCCCCCCC(C)C.[Ti+4]. The fourth-order valence-electron chi connectivity index (χ4n) is 4.99. The van der Waals surface area contributed by atoms with Crippen molar-refractivity contribution in [3.8, 4) is 0 Å². The van der Waals surface area contributed by atoms with Gasteiger partial charge in [-0.1, -0.05) is 195 Å². The van der Waals surface area contributed by atoms with E-state index in [1.807, 2.05) is 40.5 Å². The molecule has 0 fully saturated rings. The van der Waals surface area contributed by atoms with Crippen LogP contribution in [-0.4, -0.2) is 0 Å². The van der Waals surface area contributed by atoms with Crippen molar-refractivity contribution >= 4 is 0 Å². The Balaban J connectivity index is -0.000000185. The molecule has 0 aliphatic carbocycles. The smallest absolute Gasteiger partial charge is 0.343 e. The van der Waals surface area contributed by atoms with Crippen molar-refractivity contribution in [2.75, 3.05) is 0 Å². The molecule has 0 amide bonds. The summed E-state index contributed by atoms with van der Waals surface area (Å²) in [5.41, 5.74) is 0. The summed E-state index contributed by atoms with van der Waals surface area (Å²) in [6.07, 6.45) is 43.8. The second-order valence-corrected chi connectivity index (χ2v) is 13.7. The van der Waals surface area contributed by atoms with Crippen molar-refractivity contribution in [2.45, 2.75) is 235 Å². The summed E-state index contributed by atoms with van der Waals surface area (Å²) in [5, 5.41) is 0. The van der Waals surface area contributed by atoms with Gasteiger partial charge in [-0.05, 0) is 11.8 Å². The maximum Gasteiger partial charge on any atom is 4.00 e. The molecular weight excluding hydrogens is 552 g/mol. The van der Waals surface area contributed by atoms with E-state index < -0.39 is 0 Å². The van der Waals surface area contributed by atoms with Gasteiger partial charge in [0.05, 0.1) is 0 Å². The summed E-state index contributed by atoms with van der Waals surface area (Å²) in [4.78, 5) is 0. The maximum absolute atomic E-state index is 3.88. The minimum atomic E-state index is 0. The van der Waals surface area contributed by atoms with Crippen LogP contribution < -0.4 is 0 Å². The summed E-state index contributed by atoms with van der Waals surface area (Å²) in [6.45, 7) is 25.1. The second kappa shape index (κ2) is 55.1. The molecule has 0 saturated carbocycles. The molecule has 0 rings (SSSR count). The van der Waals surface area contributed by atoms with Gasteiger partial charge < -0.3 is 26.7 Å². The van der Waals surface area contributed by atoms with Crippen LogP contribution in [-0.2, 0) is 21.7 Å². The van der Waals surface area contributed by atoms with Crippen LogP contribution in [0.5, 0.6) is 0 Å². The summed E-state index contributed by atoms with van der Waals surface area (Å²) >= 11 is 0. The first-order valence-corrected chi connectivity index (χ1v) is 19.4. The van der Waals surface area contributed by atoms with Crippen molar-refractivity contribution < 1.29 is 21.7 Å². The molecule has 0 unspecified atom stereocenters. The molecule has 0 atom stereocenters. The predicted octanol–water partition coefficient (Wildman–Crippen LogP) is 16.3. The van der Waals surface area contributed by atoms with E-state index in [9.17, 15) is 0 Å². The van der Waals surface area contributed by atoms with Gasteiger partial charge in [-0.3, -0.25) is 0 Å². The van der Waals surface area contributed by atoms with E-state index in [0.29, 0.717) is 0 Å². The average molecular weight is 641 g/mol. The van der Waals surface area contributed by atoms with E-state index in [1.54, 1.807) is 0 Å². The standard InChI is InChI=1S/2C18H37.2C3H7.Ti/c2*1-4-5-6-7-8-9-10-11-12-13-14-15-16-17-18(2)3;2*1-3-2;/h2*18H,1,4-17H2,2-3H3;2*3H,1-2H3;/q4*-1;+4. The van der Waals surface area contributed by atoms with Crippen LogP contribution in [0, 0.1) is 38.5 Å². The van der Waals surface area contributed by atoms with E-state index in [-0.39, 0.29) is 21.7 Å². The largest absolute Gasteiger partial charge is 4.00 e. The quantitative estimate of drug-likeness (QED) is 0.0453. The summed E-state index contributed by atoms with van der Waals surface area (Å²) < 4.78 is 0. The molecule has 0 saturated heterocycles. The van der Waals surface area contributed by atoms with E-state index >= 15 is 0 Å². The van der Waals surface area contributed by atoms with Crippen molar-refractivity contribution in [1.29, 1.82) is 0 Å². The molecule has 1 heteroatoms. The van der Waals surface area contributed by atoms with Gasteiger partial charge in [0.25, 0.3) is 0 Å². The van der Waals surface area contributed by atoms with Gasteiger partial charge in [-0.2, -0.15) is 40.5 Å². The van der Waals surface area contributed by atoms with Crippen molar-refractivity contribution in [3.05, 3.63) is 26.7 Å². The second-order valence-electron chi connectivity index (χ2n) is 13.7. The number of rotatable bonds is 28. The first-order valence-electron chi connectivity index (χ1n) is 19.4. The molecule has 0 nitrogen and oxygen atoms in total.